The van der Waals surface area contributed by atoms with Crippen molar-refractivity contribution < 1.29 is 13.2 Å². The van der Waals surface area contributed by atoms with E-state index in [-0.39, 0.29) is 12.0 Å². The molecule has 0 fully saturated rings. The molecule has 0 aliphatic carbocycles. The van der Waals surface area contributed by atoms with E-state index in [0.29, 0.717) is 5.69 Å². The van der Waals surface area contributed by atoms with Crippen molar-refractivity contribution in [1.29, 1.82) is 0 Å². The van der Waals surface area contributed by atoms with E-state index in [1.54, 1.807) is 7.05 Å². The molecule has 1 aromatic heterocycles. The number of alkyl halides is 3. The van der Waals surface area contributed by atoms with Crippen molar-refractivity contribution in [3.05, 3.63) is 29.6 Å². The molecule has 0 aromatic carbocycles. The van der Waals surface area contributed by atoms with E-state index in [4.69, 9.17) is 0 Å². The van der Waals surface area contributed by atoms with E-state index in [0.717, 1.165) is 12.1 Å². The molecule has 5 heteroatoms. The number of nitrogens with one attached hydrogen (secondary N) is 1. The molecule has 0 spiro atoms. The molecule has 1 heterocycles. The highest BCUT2D eigenvalue weighted by Gasteiger charge is 2.31. The van der Waals surface area contributed by atoms with Crippen LogP contribution in [0.4, 0.5) is 13.2 Å². The Hall–Kier alpha value is -1.10. The fourth-order valence-corrected chi connectivity index (χ4v) is 1.38. The van der Waals surface area contributed by atoms with Gasteiger partial charge in [-0.3, -0.25) is 4.98 Å². The second-order valence-electron chi connectivity index (χ2n) is 3.83. The Kier molecular flexibility index (Phi) is 3.91. The average Bonchev–Trinajstić information content (AvgIpc) is 2.26. The molecule has 0 aliphatic rings. The van der Waals surface area contributed by atoms with Crippen LogP contribution in [-0.2, 0) is 6.18 Å². The number of nitrogens with zero attached hydrogens (tertiary/aromatic N) is 1. The normalized spacial score (nSPS) is 15.9. The van der Waals surface area contributed by atoms with E-state index in [9.17, 15) is 13.2 Å². The highest BCUT2D eigenvalue weighted by atomic mass is 19.4. The highest BCUT2D eigenvalue weighted by molar-refractivity contribution is 5.22. The van der Waals surface area contributed by atoms with Crippen molar-refractivity contribution in [1.82, 2.24) is 10.3 Å². The molecular weight excluding hydrogens is 217 g/mol. The third-order valence-corrected chi connectivity index (χ3v) is 2.78. The van der Waals surface area contributed by atoms with Crippen LogP contribution in [0.3, 0.4) is 0 Å². The third-order valence-electron chi connectivity index (χ3n) is 2.78. The first kappa shape index (κ1) is 13.0. The lowest BCUT2D eigenvalue weighted by Crippen LogP contribution is -2.27. The Labute approximate surface area is 92.9 Å². The van der Waals surface area contributed by atoms with Gasteiger partial charge in [0.25, 0.3) is 0 Å². The molecular formula is C11H15F3N2. The summed E-state index contributed by atoms with van der Waals surface area (Å²) in [5, 5.41) is 3.00. The number of hydrogen-bond donors (Lipinski definition) is 1. The van der Waals surface area contributed by atoms with Gasteiger partial charge in [-0.2, -0.15) is 13.2 Å². The Bertz CT molecular complexity index is 349. The van der Waals surface area contributed by atoms with Gasteiger partial charge in [0.2, 0.25) is 0 Å². The van der Waals surface area contributed by atoms with Gasteiger partial charge in [0.1, 0.15) is 0 Å². The smallest absolute Gasteiger partial charge is 0.317 e. The van der Waals surface area contributed by atoms with Crippen molar-refractivity contribution in [2.75, 3.05) is 7.05 Å². The van der Waals surface area contributed by atoms with Crippen LogP contribution in [0.15, 0.2) is 18.3 Å². The van der Waals surface area contributed by atoms with E-state index < -0.39 is 11.7 Å². The maximum atomic E-state index is 12.5. The van der Waals surface area contributed by atoms with Crippen molar-refractivity contribution >= 4 is 0 Å². The summed E-state index contributed by atoms with van der Waals surface area (Å²) in [6.45, 7) is 3.76. The lowest BCUT2D eigenvalue weighted by Gasteiger charge is -2.19. The molecule has 1 N–H and O–H groups in total. The summed E-state index contributed by atoms with van der Waals surface area (Å²) in [5.41, 5.74) is -0.190. The van der Waals surface area contributed by atoms with Gasteiger partial charge in [0.05, 0.1) is 5.56 Å². The Balaban J connectivity index is 2.99. The summed E-state index contributed by atoms with van der Waals surface area (Å²) in [4.78, 5) is 3.98. The van der Waals surface area contributed by atoms with E-state index in [1.165, 1.54) is 6.20 Å². The van der Waals surface area contributed by atoms with Crippen LogP contribution in [0.2, 0.25) is 0 Å². The molecule has 1 rings (SSSR count). The Morgan fingerprint density at radius 1 is 1.31 bits per heavy atom. The molecule has 0 amide bonds. The van der Waals surface area contributed by atoms with Crippen LogP contribution in [-0.4, -0.2) is 18.1 Å². The van der Waals surface area contributed by atoms with Crippen LogP contribution in [0.25, 0.3) is 0 Å². The zero-order valence-electron chi connectivity index (χ0n) is 9.47. The minimum Gasteiger partial charge on any atom is -0.317 e. The van der Waals surface area contributed by atoms with Gasteiger partial charge in [0.15, 0.2) is 0 Å². The largest absolute Gasteiger partial charge is 0.416 e. The lowest BCUT2D eigenvalue weighted by atomic mass is 9.98. The molecule has 2 nitrogen and oxygen atoms in total. The summed E-state index contributed by atoms with van der Waals surface area (Å²) in [6.07, 6.45) is -3.10. The average molecular weight is 232 g/mol. The minimum absolute atomic E-state index is 0.0627. The number of aromatic nitrogens is 1. The predicted octanol–water partition coefficient (Wildman–Crippen LogP) is 2.81. The number of halogens is 3. The fourth-order valence-electron chi connectivity index (χ4n) is 1.38. The zero-order valence-corrected chi connectivity index (χ0v) is 9.47. The standard InChI is InChI=1S/C11H15F3N2/c1-7(8(2)15-3)10-6-9(4-5-16-10)11(12,13)14/h4-8,15H,1-3H3. The fraction of sp³-hybridized carbons (Fsp3) is 0.545. The van der Waals surface area contributed by atoms with Gasteiger partial charge >= 0.3 is 6.18 Å². The van der Waals surface area contributed by atoms with Crippen LogP contribution >= 0.6 is 0 Å². The second-order valence-corrected chi connectivity index (χ2v) is 3.83. The zero-order chi connectivity index (χ0) is 12.3. The molecule has 0 saturated carbocycles. The maximum Gasteiger partial charge on any atom is 0.416 e. The lowest BCUT2D eigenvalue weighted by molar-refractivity contribution is -0.137. The Morgan fingerprint density at radius 3 is 2.44 bits per heavy atom. The molecule has 2 atom stereocenters. The topological polar surface area (TPSA) is 24.9 Å². The van der Waals surface area contributed by atoms with Crippen molar-refractivity contribution in [2.24, 2.45) is 0 Å². The van der Waals surface area contributed by atoms with Gasteiger partial charge in [0, 0.05) is 23.9 Å². The quantitative estimate of drug-likeness (QED) is 0.866. The minimum atomic E-state index is -4.31. The van der Waals surface area contributed by atoms with Crippen LogP contribution < -0.4 is 5.32 Å². The third kappa shape index (κ3) is 2.95. The molecule has 0 bridgehead atoms. The van der Waals surface area contributed by atoms with E-state index in [2.05, 4.69) is 10.3 Å². The maximum absolute atomic E-state index is 12.5. The van der Waals surface area contributed by atoms with Crippen LogP contribution in [0, 0.1) is 0 Å². The second kappa shape index (κ2) is 4.82. The van der Waals surface area contributed by atoms with Gasteiger partial charge in [-0.1, -0.05) is 6.92 Å². The summed E-state index contributed by atoms with van der Waals surface area (Å²) in [5.74, 6) is -0.0627. The monoisotopic (exact) mass is 232 g/mol. The first-order valence-electron chi connectivity index (χ1n) is 5.06. The Morgan fingerprint density at radius 2 is 1.94 bits per heavy atom. The number of pyridine rings is 1. The van der Waals surface area contributed by atoms with Gasteiger partial charge < -0.3 is 5.32 Å². The first-order valence-corrected chi connectivity index (χ1v) is 5.06. The number of likely N-dealkylation sites (N-methyl/N-ethyl adjacent to an activating group) is 1. The van der Waals surface area contributed by atoms with Gasteiger partial charge in [-0.05, 0) is 26.1 Å². The molecule has 90 valence electrons. The van der Waals surface area contributed by atoms with E-state index >= 15 is 0 Å². The summed E-state index contributed by atoms with van der Waals surface area (Å²) < 4.78 is 37.4. The summed E-state index contributed by atoms with van der Waals surface area (Å²) in [7, 11) is 1.77. The molecule has 1 aromatic rings. The van der Waals surface area contributed by atoms with Crippen molar-refractivity contribution in [3.8, 4) is 0 Å². The molecule has 0 saturated heterocycles. The van der Waals surface area contributed by atoms with E-state index in [1.807, 2.05) is 13.8 Å². The molecule has 2 unspecified atom stereocenters. The first-order chi connectivity index (χ1) is 7.36. The molecule has 16 heavy (non-hydrogen) atoms. The number of rotatable bonds is 3. The van der Waals surface area contributed by atoms with Crippen molar-refractivity contribution in [2.45, 2.75) is 32.0 Å². The molecule has 0 radical (unpaired) electrons. The highest BCUT2D eigenvalue weighted by Crippen LogP contribution is 2.30. The summed E-state index contributed by atoms with van der Waals surface area (Å²) in [6, 6.07) is 2.18. The van der Waals surface area contributed by atoms with Crippen LogP contribution in [0.1, 0.15) is 31.0 Å². The number of hydrogen-bond acceptors (Lipinski definition) is 2. The van der Waals surface area contributed by atoms with Crippen LogP contribution in [0.5, 0.6) is 0 Å². The van der Waals surface area contributed by atoms with Gasteiger partial charge in [-0.25, -0.2) is 0 Å². The SMILES string of the molecule is CNC(C)C(C)c1cc(C(F)(F)F)ccn1. The summed E-state index contributed by atoms with van der Waals surface area (Å²) >= 11 is 0. The predicted molar refractivity (Wildman–Crippen MR) is 56.2 cm³/mol. The molecule has 0 aliphatic heterocycles. The van der Waals surface area contributed by atoms with Gasteiger partial charge in [-0.15, -0.1) is 0 Å². The van der Waals surface area contributed by atoms with Crippen molar-refractivity contribution in [3.63, 3.8) is 0 Å².